The number of carbonyl (C=O) groups is 4. The maximum atomic E-state index is 13.1. The monoisotopic (exact) mass is 1020 g/mol. The highest BCUT2D eigenvalue weighted by molar-refractivity contribution is 5.74. The summed E-state index contributed by atoms with van der Waals surface area (Å²) in [6, 6.07) is 0. The predicted octanol–water partition coefficient (Wildman–Crippen LogP) is 13.9. The van der Waals surface area contributed by atoms with Crippen LogP contribution in [0.2, 0.25) is 0 Å². The summed E-state index contributed by atoms with van der Waals surface area (Å²) < 4.78 is 28.2. The van der Waals surface area contributed by atoms with Crippen LogP contribution in [0.4, 0.5) is 0 Å². The first kappa shape index (κ1) is 66.4. The zero-order valence-electron chi connectivity index (χ0n) is 45.1. The summed E-state index contributed by atoms with van der Waals surface area (Å²) in [5.41, 5.74) is 0. The molecule has 1 aliphatic heterocycles. The summed E-state index contributed by atoms with van der Waals surface area (Å²) in [5, 5.41) is 31.4. The first-order chi connectivity index (χ1) is 35.6. The van der Waals surface area contributed by atoms with Crippen molar-refractivity contribution < 1.29 is 58.2 Å². The van der Waals surface area contributed by atoms with Gasteiger partial charge >= 0.3 is 23.9 Å². The molecule has 12 heteroatoms. The smallest absolute Gasteiger partial charge is 0.335 e. The van der Waals surface area contributed by atoms with E-state index in [0.29, 0.717) is 19.3 Å². The van der Waals surface area contributed by atoms with Crippen molar-refractivity contribution in [3.05, 3.63) is 109 Å². The van der Waals surface area contributed by atoms with Gasteiger partial charge in [-0.2, -0.15) is 0 Å². The van der Waals surface area contributed by atoms with E-state index in [4.69, 9.17) is 23.7 Å². The predicted molar refractivity (Wildman–Crippen MR) is 294 cm³/mol. The number of carboxylic acids is 1. The number of aliphatic hydroxyl groups excluding tert-OH is 2. The van der Waals surface area contributed by atoms with Crippen molar-refractivity contribution in [2.75, 3.05) is 13.2 Å². The van der Waals surface area contributed by atoms with Gasteiger partial charge in [-0.1, -0.05) is 188 Å². The number of esters is 3. The summed E-state index contributed by atoms with van der Waals surface area (Å²) in [5.74, 6) is -3.28. The number of aliphatic carboxylic acids is 1. The van der Waals surface area contributed by atoms with Crippen LogP contribution in [0.5, 0.6) is 0 Å². The number of unbranched alkanes of at least 4 members (excludes halogenated alkanes) is 13. The minimum atomic E-state index is -1.92. The van der Waals surface area contributed by atoms with Gasteiger partial charge in [0.2, 0.25) is 0 Å². The van der Waals surface area contributed by atoms with Crippen LogP contribution in [0.1, 0.15) is 201 Å². The minimum absolute atomic E-state index is 0.0310. The van der Waals surface area contributed by atoms with E-state index in [1.165, 1.54) is 12.8 Å². The number of hydrogen-bond acceptors (Lipinski definition) is 11. The first-order valence-corrected chi connectivity index (χ1v) is 27.9. The molecule has 1 fully saturated rings. The highest BCUT2D eigenvalue weighted by Crippen LogP contribution is 2.26. The lowest BCUT2D eigenvalue weighted by Gasteiger charge is -2.40. The molecule has 1 saturated heterocycles. The Labute approximate surface area is 440 Å². The Balaban J connectivity index is 2.76. The quantitative estimate of drug-likeness (QED) is 0.0228. The van der Waals surface area contributed by atoms with Crippen molar-refractivity contribution >= 4 is 23.9 Å². The molecular weight excluding hydrogens is 925 g/mol. The Morgan fingerprint density at radius 1 is 0.466 bits per heavy atom. The molecule has 12 nitrogen and oxygen atoms in total. The standard InChI is InChI=1S/C61H96O12/c1-4-7-10-13-16-19-22-24-25-26-27-28-29-31-33-35-38-41-44-47-53(62)69-50-52(71-54(63)48-45-42-39-36-32-21-18-15-12-9-6-3)51-70-61-59(57(66)56(65)58(73-61)60(67)68)72-55(64)49-46-43-40-37-34-30-23-20-17-14-11-8-5-2/h7,10-11,14-16,18-20,23-25,27-28,31,33,38,41,52,56-59,61,65-66H,4-6,8-9,12-13,17,21-22,26,29-30,32,34-37,39-40,42-51H2,1-3H3,(H,67,68)/b10-7-,14-11-,18-15-,19-16-,23-20-,25-24-,28-27-,33-31-,41-38-. The molecule has 0 aromatic heterocycles. The molecule has 0 aromatic carbocycles. The zero-order chi connectivity index (χ0) is 53.3. The number of aliphatic hydroxyl groups is 2. The van der Waals surface area contributed by atoms with Gasteiger partial charge in [-0.3, -0.25) is 14.4 Å². The van der Waals surface area contributed by atoms with E-state index in [9.17, 15) is 34.5 Å². The van der Waals surface area contributed by atoms with Gasteiger partial charge in [0.25, 0.3) is 0 Å². The van der Waals surface area contributed by atoms with E-state index >= 15 is 0 Å². The lowest BCUT2D eigenvalue weighted by atomic mass is 9.98. The van der Waals surface area contributed by atoms with Gasteiger partial charge in [0.15, 0.2) is 24.6 Å². The third kappa shape index (κ3) is 38.6. The number of hydrogen-bond donors (Lipinski definition) is 3. The van der Waals surface area contributed by atoms with Crippen LogP contribution in [-0.2, 0) is 42.9 Å². The van der Waals surface area contributed by atoms with Gasteiger partial charge in [-0.05, 0) is 103 Å². The molecule has 0 radical (unpaired) electrons. The first-order valence-electron chi connectivity index (χ1n) is 27.9. The lowest BCUT2D eigenvalue weighted by Crippen LogP contribution is -2.61. The van der Waals surface area contributed by atoms with Crippen molar-refractivity contribution in [1.82, 2.24) is 0 Å². The Morgan fingerprint density at radius 2 is 0.918 bits per heavy atom. The third-order valence-corrected chi connectivity index (χ3v) is 11.8. The fraction of sp³-hybridized carbons (Fsp3) is 0.639. The molecule has 0 spiro atoms. The van der Waals surface area contributed by atoms with Gasteiger partial charge in [0, 0.05) is 19.3 Å². The average molecular weight is 1020 g/mol. The number of carboxylic acid groups (broad SMARTS) is 1. The van der Waals surface area contributed by atoms with Crippen LogP contribution in [0.25, 0.3) is 0 Å². The minimum Gasteiger partial charge on any atom is -0.479 e. The molecule has 0 saturated carbocycles. The van der Waals surface area contributed by atoms with Gasteiger partial charge in [0.1, 0.15) is 18.8 Å². The summed E-state index contributed by atoms with van der Waals surface area (Å²) in [4.78, 5) is 50.9. The van der Waals surface area contributed by atoms with Crippen LogP contribution in [0.3, 0.4) is 0 Å². The molecule has 1 aliphatic rings. The van der Waals surface area contributed by atoms with Crippen LogP contribution in [-0.4, -0.2) is 89.2 Å². The molecule has 0 amide bonds. The van der Waals surface area contributed by atoms with Crippen LogP contribution >= 0.6 is 0 Å². The summed E-state index contributed by atoms with van der Waals surface area (Å²) in [7, 11) is 0. The normalized spacial score (nSPS) is 19.2. The Morgan fingerprint density at radius 3 is 1.44 bits per heavy atom. The molecular formula is C61H96O12. The topological polar surface area (TPSA) is 175 Å². The third-order valence-electron chi connectivity index (χ3n) is 11.8. The van der Waals surface area contributed by atoms with Crippen molar-refractivity contribution in [3.63, 3.8) is 0 Å². The fourth-order valence-electron chi connectivity index (χ4n) is 7.53. The lowest BCUT2D eigenvalue weighted by molar-refractivity contribution is -0.301. The second kappa shape index (κ2) is 48.3. The van der Waals surface area contributed by atoms with E-state index in [1.807, 2.05) is 12.2 Å². The molecule has 6 atom stereocenters. The molecule has 73 heavy (non-hydrogen) atoms. The Bertz CT molecular complexity index is 1690. The largest absolute Gasteiger partial charge is 0.479 e. The second-order valence-corrected chi connectivity index (χ2v) is 18.5. The van der Waals surface area contributed by atoms with Gasteiger partial charge < -0.3 is 39.0 Å². The van der Waals surface area contributed by atoms with Crippen LogP contribution in [0.15, 0.2) is 109 Å². The van der Waals surface area contributed by atoms with E-state index in [1.54, 1.807) is 0 Å². The maximum absolute atomic E-state index is 13.1. The van der Waals surface area contributed by atoms with Crippen molar-refractivity contribution in [1.29, 1.82) is 0 Å². The fourth-order valence-corrected chi connectivity index (χ4v) is 7.53. The summed E-state index contributed by atoms with van der Waals surface area (Å²) in [6.07, 6.45) is 52.3. The van der Waals surface area contributed by atoms with Crippen LogP contribution in [0, 0.1) is 0 Å². The van der Waals surface area contributed by atoms with Gasteiger partial charge in [0.05, 0.1) is 6.61 Å². The molecule has 3 N–H and O–H groups in total. The van der Waals surface area contributed by atoms with E-state index in [0.717, 1.165) is 128 Å². The number of ether oxygens (including phenoxy) is 5. The van der Waals surface area contributed by atoms with E-state index < -0.39 is 67.3 Å². The molecule has 1 heterocycles. The Hall–Kier alpha value is -4.62. The number of carbonyl (C=O) groups excluding carboxylic acids is 3. The van der Waals surface area contributed by atoms with Gasteiger partial charge in [-0.25, -0.2) is 4.79 Å². The van der Waals surface area contributed by atoms with E-state index in [2.05, 4.69) is 118 Å². The molecule has 0 aliphatic carbocycles. The molecule has 1 rings (SSSR count). The number of allylic oxidation sites excluding steroid dienone is 18. The molecule has 0 aromatic rings. The zero-order valence-corrected chi connectivity index (χ0v) is 45.1. The Kier molecular flexibility index (Phi) is 44.0. The highest BCUT2D eigenvalue weighted by atomic mass is 16.7. The van der Waals surface area contributed by atoms with Crippen molar-refractivity contribution in [3.8, 4) is 0 Å². The second-order valence-electron chi connectivity index (χ2n) is 18.5. The molecule has 0 bridgehead atoms. The van der Waals surface area contributed by atoms with Crippen molar-refractivity contribution in [2.45, 2.75) is 237 Å². The van der Waals surface area contributed by atoms with E-state index in [-0.39, 0.29) is 25.9 Å². The number of rotatable bonds is 45. The molecule has 6 unspecified atom stereocenters. The molecule has 412 valence electrons. The van der Waals surface area contributed by atoms with Crippen molar-refractivity contribution in [2.24, 2.45) is 0 Å². The highest BCUT2D eigenvalue weighted by Gasteiger charge is 2.50. The SMILES string of the molecule is CC/C=C\C/C=C\C/C=C\C/C=C\C/C=C\C/C=C\CCC(=O)OCC(COC1OC(C(=O)O)C(O)C(O)C1OC(=O)CCCCCCC/C=C\C/C=C\CCC)OC(=O)CCCCCCC/C=C\CCCC. The average Bonchev–Trinajstić information content (AvgIpc) is 3.37. The maximum Gasteiger partial charge on any atom is 0.335 e. The summed E-state index contributed by atoms with van der Waals surface area (Å²) >= 11 is 0. The van der Waals surface area contributed by atoms with Gasteiger partial charge in [-0.15, -0.1) is 0 Å². The van der Waals surface area contributed by atoms with Crippen LogP contribution < -0.4 is 0 Å². The summed E-state index contributed by atoms with van der Waals surface area (Å²) in [6.45, 7) is 5.66.